The minimum absolute atomic E-state index is 0.0274. The van der Waals surface area contributed by atoms with Crippen LogP contribution in [-0.4, -0.2) is 167 Å². The van der Waals surface area contributed by atoms with Gasteiger partial charge in [0.2, 0.25) is 0 Å². The Balaban J connectivity index is 1.69. The maximum absolute atomic E-state index is 14.5. The largest absolute Gasteiger partial charge is 0.460 e. The van der Waals surface area contributed by atoms with Crippen molar-refractivity contribution in [2.75, 3.05) is 41.1 Å². The van der Waals surface area contributed by atoms with Gasteiger partial charge >= 0.3 is 11.9 Å². The number of allylic oxidation sites excluding steroid dienone is 6. The van der Waals surface area contributed by atoms with Crippen molar-refractivity contribution >= 4 is 35.2 Å². The molecule has 4 aliphatic rings. The standard InChI is InChI=1S/C55H85NO17/c1-32-16-12-11-13-17-33(2)43(68-8)28-39-20-22-46(60)55(67,73-39)50(63)51(64)56-23-15-14-18-40(56)52(65)71-44(29-41(59)34(3)25-37(6)48(62)49(70-10)47(61)36(5)24-32)35(4)26-38-19-21-42(45(27-38)69-9)72-53(66)54(7,30-57)31-58/h11-13,16-17,25,32,34-36,38-40,42-46,48-49,57-58,60,62,67H,14-15,18-24,26-31H2,1-10H3/b13-11+,16-12+,33-17+,37-25+/t32-,34-,35-,36-,38+,39+,40+,42-,43+,44+,45-,46?,48-,49+,55-/m1/s1. The van der Waals surface area contributed by atoms with Crippen LogP contribution in [0, 0.1) is 35.0 Å². The van der Waals surface area contributed by atoms with Gasteiger partial charge in [0.1, 0.15) is 47.8 Å². The number of fused-ring (bicyclic) bond motifs is 3. The lowest BCUT2D eigenvalue weighted by Crippen LogP contribution is -2.63. The molecule has 0 spiro atoms. The SMILES string of the molecule is CO[C@H]1C[C@@H]2CCC(O)[C@@](O)(O2)C(=O)C(=O)N2CCCC[C@H]2C(=O)O[C@H]([C@H](C)C[C@@H]2CC[C@@H](OC(=O)C(C)(CO)CO)[C@H](OC)C2)CC(=O)[C@H](C)/C=C(\C)[C@@H](O)[C@@H](OC)C(=O)[C@H](C)C[C@H](C)/C=C/C=C/C=C/1C. The molecule has 0 aromatic carbocycles. The molecule has 1 unspecified atom stereocenters. The molecule has 2 bridgehead atoms. The fourth-order valence-corrected chi connectivity index (χ4v) is 10.5. The Morgan fingerprint density at radius 2 is 1.56 bits per heavy atom. The molecule has 18 nitrogen and oxygen atoms in total. The van der Waals surface area contributed by atoms with Crippen LogP contribution in [0.5, 0.6) is 0 Å². The second-order valence-electron chi connectivity index (χ2n) is 21.5. The van der Waals surface area contributed by atoms with Gasteiger partial charge < -0.3 is 58.9 Å². The van der Waals surface area contributed by atoms with Crippen LogP contribution in [0.3, 0.4) is 0 Å². The molecule has 73 heavy (non-hydrogen) atoms. The Morgan fingerprint density at radius 3 is 2.21 bits per heavy atom. The van der Waals surface area contributed by atoms with Gasteiger partial charge in [-0.15, -0.1) is 0 Å². The Labute approximate surface area is 431 Å². The third kappa shape index (κ3) is 16.0. The van der Waals surface area contributed by atoms with E-state index in [-0.39, 0.29) is 62.1 Å². The fourth-order valence-electron chi connectivity index (χ4n) is 10.5. The van der Waals surface area contributed by atoms with Gasteiger partial charge in [0.05, 0.1) is 31.5 Å². The Kier molecular flexibility index (Phi) is 23.8. The first kappa shape index (κ1) is 61.6. The quantitative estimate of drug-likeness (QED) is 0.115. The predicted molar refractivity (Wildman–Crippen MR) is 268 cm³/mol. The summed E-state index contributed by atoms with van der Waals surface area (Å²) >= 11 is 0. The van der Waals surface area contributed by atoms with Crippen molar-refractivity contribution in [1.29, 1.82) is 0 Å². The normalized spacial score (nSPS) is 37.4. The zero-order chi connectivity index (χ0) is 54.4. The molecule has 4 rings (SSSR count). The van der Waals surface area contributed by atoms with Crippen molar-refractivity contribution in [2.45, 2.75) is 186 Å². The molecule has 0 aromatic heterocycles. The summed E-state index contributed by atoms with van der Waals surface area (Å²) in [4.78, 5) is 84.9. The topological polar surface area (TPSA) is 262 Å². The highest BCUT2D eigenvalue weighted by molar-refractivity contribution is 6.39. The van der Waals surface area contributed by atoms with E-state index in [0.29, 0.717) is 50.5 Å². The highest BCUT2D eigenvalue weighted by Crippen LogP contribution is 2.37. The number of nitrogens with zero attached hydrogens (tertiary/aromatic N) is 1. The van der Waals surface area contributed by atoms with Gasteiger partial charge in [0.25, 0.3) is 17.5 Å². The van der Waals surface area contributed by atoms with Crippen molar-refractivity contribution in [3.8, 4) is 0 Å². The number of cyclic esters (lactones) is 1. The van der Waals surface area contributed by atoms with E-state index in [0.717, 1.165) is 10.5 Å². The second kappa shape index (κ2) is 28.2. The number of amides is 1. The second-order valence-corrected chi connectivity index (χ2v) is 21.5. The third-order valence-electron chi connectivity index (χ3n) is 15.5. The lowest BCUT2D eigenvalue weighted by Gasteiger charge is -2.42. The molecule has 18 heteroatoms. The number of carbonyl (C=O) groups is 6. The molecule has 3 aliphatic heterocycles. The summed E-state index contributed by atoms with van der Waals surface area (Å²) in [6.07, 6.45) is 6.37. The van der Waals surface area contributed by atoms with Gasteiger partial charge in [-0.2, -0.15) is 0 Å². The number of rotatable bonds is 10. The van der Waals surface area contributed by atoms with E-state index in [4.69, 9.17) is 28.4 Å². The summed E-state index contributed by atoms with van der Waals surface area (Å²) in [6.45, 7) is 10.8. The van der Waals surface area contributed by atoms with Crippen LogP contribution >= 0.6 is 0 Å². The zero-order valence-electron chi connectivity index (χ0n) is 44.7. The predicted octanol–water partition coefficient (Wildman–Crippen LogP) is 4.45. The number of aliphatic hydroxyl groups is 5. The molecule has 15 atom stereocenters. The molecular formula is C55H85NO17. The molecule has 412 valence electrons. The van der Waals surface area contributed by atoms with E-state index in [1.54, 1.807) is 26.8 Å². The first-order chi connectivity index (χ1) is 34.5. The number of piperidine rings is 1. The van der Waals surface area contributed by atoms with Crippen LogP contribution in [0.4, 0.5) is 0 Å². The Bertz CT molecular complexity index is 2010. The van der Waals surface area contributed by atoms with Crippen LogP contribution < -0.4 is 0 Å². The first-order valence-corrected chi connectivity index (χ1v) is 26.1. The Morgan fingerprint density at radius 1 is 0.863 bits per heavy atom. The molecule has 5 N–H and O–H groups in total. The van der Waals surface area contributed by atoms with Gasteiger partial charge in [-0.25, -0.2) is 4.79 Å². The molecule has 1 saturated carbocycles. The van der Waals surface area contributed by atoms with Crippen LogP contribution in [0.1, 0.15) is 126 Å². The summed E-state index contributed by atoms with van der Waals surface area (Å²) in [5, 5.41) is 53.9. The molecular weight excluding hydrogens is 947 g/mol. The molecule has 3 fully saturated rings. The van der Waals surface area contributed by atoms with Gasteiger partial charge in [0, 0.05) is 52.6 Å². The number of hydrogen-bond acceptors (Lipinski definition) is 17. The van der Waals surface area contributed by atoms with E-state index < -0.39 is 121 Å². The highest BCUT2D eigenvalue weighted by atomic mass is 16.7. The monoisotopic (exact) mass is 1030 g/mol. The number of carbonyl (C=O) groups excluding carboxylic acids is 6. The lowest BCUT2D eigenvalue weighted by molar-refractivity contribution is -0.282. The van der Waals surface area contributed by atoms with Gasteiger partial charge in [-0.05, 0) is 114 Å². The van der Waals surface area contributed by atoms with E-state index in [1.807, 2.05) is 51.2 Å². The number of ether oxygens (including phenoxy) is 6. The fraction of sp³-hybridized carbons (Fsp3) is 0.745. The average Bonchev–Trinajstić information content (AvgIpc) is 3.37. The number of Topliss-reactive ketones (excluding diaryl/α,β-unsaturated/α-hetero) is 3. The zero-order valence-corrected chi connectivity index (χ0v) is 44.7. The first-order valence-electron chi connectivity index (χ1n) is 26.1. The average molecular weight is 1030 g/mol. The molecule has 0 aromatic rings. The number of esters is 2. The van der Waals surface area contributed by atoms with Crippen molar-refractivity contribution in [3.05, 3.63) is 47.6 Å². The molecule has 1 aliphatic carbocycles. The maximum Gasteiger partial charge on any atom is 0.329 e. The summed E-state index contributed by atoms with van der Waals surface area (Å²) in [5.74, 6) is -9.71. The molecule has 0 radical (unpaired) electrons. The molecule has 3 heterocycles. The number of methoxy groups -OCH3 is 3. The summed E-state index contributed by atoms with van der Waals surface area (Å²) in [6, 6.07) is -1.28. The van der Waals surface area contributed by atoms with E-state index in [9.17, 15) is 54.3 Å². The van der Waals surface area contributed by atoms with Gasteiger partial charge in [-0.3, -0.25) is 24.0 Å². The smallest absolute Gasteiger partial charge is 0.329 e. The minimum Gasteiger partial charge on any atom is -0.460 e. The summed E-state index contributed by atoms with van der Waals surface area (Å²) in [7, 11) is 4.35. The lowest BCUT2D eigenvalue weighted by atomic mass is 9.78. The summed E-state index contributed by atoms with van der Waals surface area (Å²) in [5.41, 5.74) is -0.369. The molecule has 2 saturated heterocycles. The number of ketones is 3. The summed E-state index contributed by atoms with van der Waals surface area (Å²) < 4.78 is 35.0. The third-order valence-corrected chi connectivity index (χ3v) is 15.5. The minimum atomic E-state index is -2.91. The van der Waals surface area contributed by atoms with Gasteiger partial charge in [-0.1, -0.05) is 64.2 Å². The van der Waals surface area contributed by atoms with Crippen LogP contribution in [0.2, 0.25) is 0 Å². The van der Waals surface area contributed by atoms with E-state index in [2.05, 4.69) is 0 Å². The highest BCUT2D eigenvalue weighted by Gasteiger charge is 2.54. The van der Waals surface area contributed by atoms with Crippen molar-refractivity contribution < 1.29 is 82.7 Å². The van der Waals surface area contributed by atoms with Crippen LogP contribution in [0.15, 0.2) is 47.6 Å². The van der Waals surface area contributed by atoms with Crippen molar-refractivity contribution in [3.63, 3.8) is 0 Å². The Hall–Kier alpha value is -3.98. The van der Waals surface area contributed by atoms with E-state index in [1.165, 1.54) is 28.3 Å². The van der Waals surface area contributed by atoms with Crippen LogP contribution in [-0.2, 0) is 57.2 Å². The van der Waals surface area contributed by atoms with Crippen molar-refractivity contribution in [2.24, 2.45) is 35.0 Å². The van der Waals surface area contributed by atoms with E-state index >= 15 is 0 Å². The van der Waals surface area contributed by atoms with Gasteiger partial charge in [0.15, 0.2) is 5.78 Å². The number of aliphatic hydroxyl groups excluding tert-OH is 4. The molecule has 1 amide bonds. The van der Waals surface area contributed by atoms with Crippen LogP contribution in [0.25, 0.3) is 0 Å². The van der Waals surface area contributed by atoms with Crippen molar-refractivity contribution in [1.82, 2.24) is 4.90 Å². The number of hydrogen-bond donors (Lipinski definition) is 5. The maximum atomic E-state index is 14.5.